The highest BCUT2D eigenvalue weighted by molar-refractivity contribution is 5.46. The lowest BCUT2D eigenvalue weighted by Gasteiger charge is -2.21. The molecular weight excluding hydrogens is 260 g/mol. The summed E-state index contributed by atoms with van der Waals surface area (Å²) in [4.78, 5) is 2.11. The molecule has 21 heavy (non-hydrogen) atoms. The summed E-state index contributed by atoms with van der Waals surface area (Å²) >= 11 is 0. The molecular formula is C17H26N4. The molecule has 1 heterocycles. The van der Waals surface area contributed by atoms with Gasteiger partial charge in [-0.15, -0.1) is 0 Å². The van der Waals surface area contributed by atoms with Gasteiger partial charge in [0.2, 0.25) is 0 Å². The first-order valence-corrected chi connectivity index (χ1v) is 7.42. The van der Waals surface area contributed by atoms with E-state index in [9.17, 15) is 0 Å². The summed E-state index contributed by atoms with van der Waals surface area (Å²) < 4.78 is 1.92. The number of anilines is 1. The van der Waals surface area contributed by atoms with Gasteiger partial charge in [0.15, 0.2) is 0 Å². The van der Waals surface area contributed by atoms with Crippen molar-refractivity contribution in [1.29, 1.82) is 0 Å². The molecule has 0 aliphatic rings. The van der Waals surface area contributed by atoms with Crippen LogP contribution in [0.5, 0.6) is 0 Å². The number of nitrogens with zero attached hydrogens (tertiary/aromatic N) is 3. The lowest BCUT2D eigenvalue weighted by molar-refractivity contribution is 0.492. The first kappa shape index (κ1) is 15.6. The summed E-state index contributed by atoms with van der Waals surface area (Å²) in [6.45, 7) is 6.50. The zero-order chi connectivity index (χ0) is 15.6. The molecule has 4 nitrogen and oxygen atoms in total. The van der Waals surface area contributed by atoms with Crippen molar-refractivity contribution in [3.63, 3.8) is 0 Å². The first-order valence-electron chi connectivity index (χ1n) is 7.42. The number of rotatable bonds is 5. The molecule has 114 valence electrons. The molecule has 0 fully saturated rings. The first-order chi connectivity index (χ1) is 9.90. The number of hydrogen-bond acceptors (Lipinski definition) is 3. The predicted molar refractivity (Wildman–Crippen MR) is 88.7 cm³/mol. The largest absolute Gasteiger partial charge is 0.378 e. The Morgan fingerprint density at radius 2 is 1.71 bits per heavy atom. The summed E-state index contributed by atoms with van der Waals surface area (Å²) in [5.41, 5.74) is 5.00. The Bertz CT molecular complexity index is 583. The van der Waals surface area contributed by atoms with Crippen molar-refractivity contribution < 1.29 is 0 Å². The van der Waals surface area contributed by atoms with E-state index in [2.05, 4.69) is 74.4 Å². The van der Waals surface area contributed by atoms with Crippen LogP contribution in [-0.2, 0) is 7.05 Å². The van der Waals surface area contributed by atoms with Crippen molar-refractivity contribution in [2.75, 3.05) is 19.0 Å². The smallest absolute Gasteiger partial charge is 0.0540 e. The number of nitrogens with one attached hydrogen (secondary N) is 1. The Labute approximate surface area is 127 Å². The average molecular weight is 286 g/mol. The molecule has 0 aliphatic carbocycles. The zero-order valence-electron chi connectivity index (χ0n) is 13.9. The van der Waals surface area contributed by atoms with Gasteiger partial charge < -0.3 is 10.2 Å². The third kappa shape index (κ3) is 3.45. The van der Waals surface area contributed by atoms with Gasteiger partial charge in [0.25, 0.3) is 0 Å². The Hall–Kier alpha value is -1.81. The lowest BCUT2D eigenvalue weighted by Crippen LogP contribution is -2.23. The Kier molecular flexibility index (Phi) is 4.68. The van der Waals surface area contributed by atoms with Gasteiger partial charge in [0.1, 0.15) is 0 Å². The molecule has 1 aromatic heterocycles. The van der Waals surface area contributed by atoms with E-state index >= 15 is 0 Å². The van der Waals surface area contributed by atoms with Gasteiger partial charge in [0.05, 0.1) is 6.20 Å². The number of benzene rings is 1. The van der Waals surface area contributed by atoms with Crippen molar-refractivity contribution in [2.24, 2.45) is 7.05 Å². The minimum absolute atomic E-state index is 0.280. The van der Waals surface area contributed by atoms with Crippen LogP contribution in [0.1, 0.15) is 42.8 Å². The quantitative estimate of drug-likeness (QED) is 0.916. The van der Waals surface area contributed by atoms with Gasteiger partial charge in [-0.2, -0.15) is 5.10 Å². The van der Waals surface area contributed by atoms with E-state index in [1.807, 2.05) is 17.9 Å². The fourth-order valence-electron chi connectivity index (χ4n) is 2.56. The maximum atomic E-state index is 4.32. The van der Waals surface area contributed by atoms with Crippen LogP contribution in [0.15, 0.2) is 30.5 Å². The third-order valence-electron chi connectivity index (χ3n) is 4.15. The monoisotopic (exact) mass is 286 g/mol. The average Bonchev–Trinajstić information content (AvgIpc) is 2.79. The fraction of sp³-hybridized carbons (Fsp3) is 0.471. The van der Waals surface area contributed by atoms with Gasteiger partial charge in [-0.25, -0.2) is 0 Å². The van der Waals surface area contributed by atoms with E-state index in [4.69, 9.17) is 0 Å². The van der Waals surface area contributed by atoms with Gasteiger partial charge in [0, 0.05) is 50.2 Å². The molecule has 2 rings (SSSR count). The minimum atomic E-state index is 0.280. The standard InChI is InChI=1S/C17H26N4/c1-12(15-7-9-16(10-8-15)20(4)5)19-13(2)17-11-18-21(6)14(17)3/h7-13,19H,1-6H3. The molecule has 2 atom stereocenters. The second kappa shape index (κ2) is 6.31. The van der Waals surface area contributed by atoms with Gasteiger partial charge in [-0.1, -0.05) is 12.1 Å². The second-order valence-corrected chi connectivity index (χ2v) is 5.90. The van der Waals surface area contributed by atoms with Crippen molar-refractivity contribution >= 4 is 5.69 Å². The minimum Gasteiger partial charge on any atom is -0.378 e. The third-order valence-corrected chi connectivity index (χ3v) is 4.15. The van der Waals surface area contributed by atoms with Crippen LogP contribution in [0.25, 0.3) is 0 Å². The number of aryl methyl sites for hydroxylation is 1. The van der Waals surface area contributed by atoms with Crippen molar-refractivity contribution in [3.05, 3.63) is 47.3 Å². The molecule has 1 N–H and O–H groups in total. The molecule has 0 saturated carbocycles. The Balaban J connectivity index is 2.06. The maximum Gasteiger partial charge on any atom is 0.0540 e. The topological polar surface area (TPSA) is 33.1 Å². The number of hydrogen-bond donors (Lipinski definition) is 1. The van der Waals surface area contributed by atoms with E-state index in [1.54, 1.807) is 0 Å². The van der Waals surface area contributed by atoms with E-state index in [0.29, 0.717) is 6.04 Å². The van der Waals surface area contributed by atoms with Gasteiger partial charge in [-0.3, -0.25) is 4.68 Å². The number of aromatic nitrogens is 2. The van der Waals surface area contributed by atoms with Crippen molar-refractivity contribution in [1.82, 2.24) is 15.1 Å². The van der Waals surface area contributed by atoms with Crippen LogP contribution < -0.4 is 10.2 Å². The fourth-order valence-corrected chi connectivity index (χ4v) is 2.56. The summed E-state index contributed by atoms with van der Waals surface area (Å²) in [6.07, 6.45) is 1.95. The van der Waals surface area contributed by atoms with E-state index < -0.39 is 0 Å². The van der Waals surface area contributed by atoms with Crippen LogP contribution >= 0.6 is 0 Å². The molecule has 0 aliphatic heterocycles. The molecule has 0 amide bonds. The maximum absolute atomic E-state index is 4.32. The normalized spacial score (nSPS) is 14.0. The zero-order valence-corrected chi connectivity index (χ0v) is 13.9. The highest BCUT2D eigenvalue weighted by Gasteiger charge is 2.15. The summed E-state index contributed by atoms with van der Waals surface area (Å²) in [7, 11) is 6.10. The second-order valence-electron chi connectivity index (χ2n) is 5.90. The molecule has 0 radical (unpaired) electrons. The van der Waals surface area contributed by atoms with Crippen molar-refractivity contribution in [3.8, 4) is 0 Å². The molecule has 0 spiro atoms. The van der Waals surface area contributed by atoms with Crippen LogP contribution in [-0.4, -0.2) is 23.9 Å². The molecule has 0 saturated heterocycles. The van der Waals surface area contributed by atoms with E-state index in [-0.39, 0.29) is 6.04 Å². The van der Waals surface area contributed by atoms with Crippen molar-refractivity contribution in [2.45, 2.75) is 32.9 Å². The predicted octanol–water partition coefficient (Wildman–Crippen LogP) is 3.21. The van der Waals surface area contributed by atoms with Gasteiger partial charge >= 0.3 is 0 Å². The Morgan fingerprint density at radius 1 is 1.10 bits per heavy atom. The Morgan fingerprint density at radius 3 is 2.19 bits per heavy atom. The van der Waals surface area contributed by atoms with Crippen LogP contribution in [0.2, 0.25) is 0 Å². The SMILES string of the molecule is Cc1c(C(C)NC(C)c2ccc(N(C)C)cc2)cnn1C. The molecule has 2 aromatic rings. The lowest BCUT2D eigenvalue weighted by atomic mass is 10.0. The summed E-state index contributed by atoms with van der Waals surface area (Å²) in [6, 6.07) is 9.28. The van der Waals surface area contributed by atoms with Crippen LogP contribution in [0, 0.1) is 6.92 Å². The summed E-state index contributed by atoms with van der Waals surface area (Å²) in [5.74, 6) is 0. The molecule has 0 bridgehead atoms. The van der Waals surface area contributed by atoms with Gasteiger partial charge in [-0.05, 0) is 38.5 Å². The van der Waals surface area contributed by atoms with E-state index in [0.717, 1.165) is 0 Å². The summed E-state index contributed by atoms with van der Waals surface area (Å²) in [5, 5.41) is 7.97. The molecule has 2 unspecified atom stereocenters. The van der Waals surface area contributed by atoms with Crippen LogP contribution in [0.4, 0.5) is 5.69 Å². The highest BCUT2D eigenvalue weighted by Crippen LogP contribution is 2.22. The van der Waals surface area contributed by atoms with Crippen LogP contribution in [0.3, 0.4) is 0 Å². The highest BCUT2D eigenvalue weighted by atomic mass is 15.3. The molecule has 4 heteroatoms. The van der Waals surface area contributed by atoms with E-state index in [1.165, 1.54) is 22.5 Å². The molecule has 1 aromatic carbocycles.